The van der Waals surface area contributed by atoms with Crippen LogP contribution >= 0.6 is 0 Å². The van der Waals surface area contributed by atoms with Gasteiger partial charge in [-0.25, -0.2) is 8.93 Å². The van der Waals surface area contributed by atoms with Gasteiger partial charge in [0.1, 0.15) is 0 Å². The second-order valence-corrected chi connectivity index (χ2v) is 4.64. The molecule has 11 heteroatoms. The highest BCUT2D eigenvalue weighted by atomic mass is 32.3. The molecule has 0 aliphatic heterocycles. The molecule has 0 saturated heterocycles. The maximum absolute atomic E-state index is 11.9. The molecule has 4 nitrogen and oxygen atoms in total. The number of carbonyl (C=O) groups is 1. The predicted octanol–water partition coefficient (Wildman–Crippen LogP) is 0.251. The summed E-state index contributed by atoms with van der Waals surface area (Å²) >= 11 is 0. The number of thiol groups is 1. The number of rotatable bonds is 2. The molecule has 0 fully saturated rings. The Morgan fingerprint density at radius 3 is 1.73 bits per heavy atom. The number of carbonyl (C=O) groups excluding carboxylic acids is 1. The Hall–Kier alpha value is -0.840. The standard InChI is InChI=1S/C4H6F6N2O2S/c1-11-15(14,4(8,9)10)12-2(13)3(5,6)7/h15H,1H3,(H2,11,12,13,14). The summed E-state index contributed by atoms with van der Waals surface area (Å²) < 4.78 is 82.9. The lowest BCUT2D eigenvalue weighted by Crippen LogP contribution is -2.56. The quantitative estimate of drug-likeness (QED) is 0.492. The Balaban J connectivity index is 4.92. The third-order valence-corrected chi connectivity index (χ3v) is 3.05. The molecule has 0 atom stereocenters. The van der Waals surface area contributed by atoms with Crippen LogP contribution in [0.5, 0.6) is 0 Å². The van der Waals surface area contributed by atoms with E-state index in [9.17, 15) is 35.3 Å². The molecule has 1 amide bonds. The minimum absolute atomic E-state index is 0.378. The summed E-state index contributed by atoms with van der Waals surface area (Å²) in [5, 5.41) is 0. The van der Waals surface area contributed by atoms with Crippen molar-refractivity contribution in [3.63, 3.8) is 0 Å². The molecule has 0 aromatic rings. The SMILES string of the molecule is CN[SH](=O)(NC(=O)C(F)(F)F)C(F)(F)F. The van der Waals surface area contributed by atoms with Crippen LogP contribution in [0.2, 0.25) is 0 Å². The lowest BCUT2D eigenvalue weighted by molar-refractivity contribution is -0.171. The smallest absolute Gasteiger partial charge is 0.272 e. The van der Waals surface area contributed by atoms with Crippen molar-refractivity contribution >= 4 is 16.2 Å². The topological polar surface area (TPSA) is 58.2 Å². The van der Waals surface area contributed by atoms with Gasteiger partial charge in [0.15, 0.2) is 0 Å². The van der Waals surface area contributed by atoms with Crippen molar-refractivity contribution in [2.45, 2.75) is 11.7 Å². The van der Waals surface area contributed by atoms with Crippen LogP contribution in [0.4, 0.5) is 26.3 Å². The fourth-order valence-electron chi connectivity index (χ4n) is 0.452. The summed E-state index contributed by atoms with van der Waals surface area (Å²) in [6.07, 6.45) is -5.53. The van der Waals surface area contributed by atoms with Gasteiger partial charge in [-0.2, -0.15) is 26.3 Å². The molecule has 2 N–H and O–H groups in total. The number of hydrogen-bond acceptors (Lipinski definition) is 2. The van der Waals surface area contributed by atoms with E-state index in [0.717, 1.165) is 4.72 Å². The van der Waals surface area contributed by atoms with Crippen LogP contribution in [0.15, 0.2) is 0 Å². The van der Waals surface area contributed by atoms with Crippen LogP contribution in [0.3, 0.4) is 0 Å². The lowest BCUT2D eigenvalue weighted by atomic mass is 10.6. The number of alkyl halides is 6. The predicted molar refractivity (Wildman–Crippen MR) is 38.8 cm³/mol. The molecule has 0 unspecified atom stereocenters. The van der Waals surface area contributed by atoms with Gasteiger partial charge in [0, 0.05) is 0 Å². The van der Waals surface area contributed by atoms with E-state index in [2.05, 4.69) is 0 Å². The molecule has 92 valence electrons. The van der Waals surface area contributed by atoms with Crippen LogP contribution in [-0.4, -0.2) is 28.8 Å². The Bertz CT molecular complexity index is 296. The van der Waals surface area contributed by atoms with E-state index in [4.69, 9.17) is 0 Å². The zero-order valence-corrected chi connectivity index (χ0v) is 7.93. The van der Waals surface area contributed by atoms with Crippen molar-refractivity contribution in [1.29, 1.82) is 0 Å². The van der Waals surface area contributed by atoms with Crippen molar-refractivity contribution < 1.29 is 35.3 Å². The van der Waals surface area contributed by atoms with E-state index in [1.165, 1.54) is 0 Å². The van der Waals surface area contributed by atoms with Crippen LogP contribution in [0.25, 0.3) is 0 Å². The van der Waals surface area contributed by atoms with Crippen LogP contribution < -0.4 is 9.44 Å². The summed E-state index contributed by atoms with van der Waals surface area (Å²) in [7, 11) is -5.09. The minimum Gasteiger partial charge on any atom is -0.272 e. The van der Waals surface area contributed by atoms with Crippen LogP contribution in [-0.2, 0) is 15.1 Å². The molecule has 0 saturated carbocycles. The summed E-state index contributed by atoms with van der Waals surface area (Å²) in [6.45, 7) is 0. The van der Waals surface area contributed by atoms with Gasteiger partial charge in [-0.3, -0.25) is 9.52 Å². The highest BCUT2D eigenvalue weighted by molar-refractivity contribution is 8.00. The molecule has 0 aromatic heterocycles. The molecule has 15 heavy (non-hydrogen) atoms. The lowest BCUT2D eigenvalue weighted by Gasteiger charge is -2.27. The van der Waals surface area contributed by atoms with Gasteiger partial charge in [-0.1, -0.05) is 0 Å². The highest BCUT2D eigenvalue weighted by Gasteiger charge is 2.50. The third kappa shape index (κ3) is 3.34. The van der Waals surface area contributed by atoms with Gasteiger partial charge >= 0.3 is 17.6 Å². The molecule has 0 aliphatic carbocycles. The van der Waals surface area contributed by atoms with E-state index in [1.54, 1.807) is 0 Å². The average Bonchev–Trinajstić information content (AvgIpc) is 2.00. The monoisotopic (exact) mass is 260 g/mol. The average molecular weight is 260 g/mol. The molecule has 0 heterocycles. The van der Waals surface area contributed by atoms with Gasteiger partial charge in [-0.05, 0) is 7.05 Å². The first kappa shape index (κ1) is 14.2. The van der Waals surface area contributed by atoms with Gasteiger partial charge in [0.05, 0.1) is 10.3 Å². The second-order valence-electron chi connectivity index (χ2n) is 2.24. The normalized spacial score (nSPS) is 14.9. The molecule has 0 bridgehead atoms. The molecule has 0 radical (unpaired) electrons. The third-order valence-electron chi connectivity index (χ3n) is 1.19. The van der Waals surface area contributed by atoms with E-state index in [1.807, 2.05) is 0 Å². The molecule has 0 spiro atoms. The van der Waals surface area contributed by atoms with Crippen molar-refractivity contribution in [3.05, 3.63) is 0 Å². The van der Waals surface area contributed by atoms with Crippen molar-refractivity contribution in [3.8, 4) is 0 Å². The van der Waals surface area contributed by atoms with Crippen LogP contribution in [0.1, 0.15) is 0 Å². The van der Waals surface area contributed by atoms with Crippen molar-refractivity contribution in [2.75, 3.05) is 7.05 Å². The minimum atomic E-state index is -5.61. The molecule has 0 aromatic carbocycles. The first-order valence-corrected chi connectivity index (χ1v) is 4.90. The van der Waals surface area contributed by atoms with Crippen molar-refractivity contribution in [2.24, 2.45) is 0 Å². The van der Waals surface area contributed by atoms with E-state index >= 15 is 0 Å². The Kier molecular flexibility index (Phi) is 3.74. The summed E-state index contributed by atoms with van der Waals surface area (Å²) in [6, 6.07) is 0. The van der Waals surface area contributed by atoms with Crippen molar-refractivity contribution in [1.82, 2.24) is 9.44 Å². The summed E-state index contributed by atoms with van der Waals surface area (Å²) in [5.74, 6) is -2.92. The fourth-order valence-corrected chi connectivity index (χ4v) is 1.36. The summed E-state index contributed by atoms with van der Waals surface area (Å²) in [5.41, 5.74) is -5.48. The molecule has 0 aliphatic rings. The fraction of sp³-hybridized carbons (Fsp3) is 0.750. The first-order chi connectivity index (χ1) is 6.44. The number of halogens is 6. The summed E-state index contributed by atoms with van der Waals surface area (Å²) in [4.78, 5) is 10.1. The largest absolute Gasteiger partial charge is 0.476 e. The number of amides is 1. The Labute approximate surface area is 80.7 Å². The molecular weight excluding hydrogens is 254 g/mol. The number of nitrogens with one attached hydrogen (secondary N) is 2. The number of hydrogen-bond donors (Lipinski definition) is 3. The molecule has 0 rings (SSSR count). The highest BCUT2D eigenvalue weighted by Crippen LogP contribution is 2.27. The maximum atomic E-state index is 11.9. The first-order valence-electron chi connectivity index (χ1n) is 3.19. The van der Waals surface area contributed by atoms with Gasteiger partial charge in [-0.15, -0.1) is 0 Å². The maximum Gasteiger partial charge on any atom is 0.476 e. The Morgan fingerprint density at radius 1 is 1.13 bits per heavy atom. The van der Waals surface area contributed by atoms with E-state index in [-0.39, 0.29) is 0 Å². The Morgan fingerprint density at radius 2 is 1.53 bits per heavy atom. The van der Waals surface area contributed by atoms with Crippen LogP contribution in [0, 0.1) is 0 Å². The second kappa shape index (κ2) is 3.96. The zero-order chi connectivity index (χ0) is 12.5. The van der Waals surface area contributed by atoms with E-state index < -0.39 is 27.9 Å². The van der Waals surface area contributed by atoms with Gasteiger partial charge in [0.2, 0.25) is 0 Å². The van der Waals surface area contributed by atoms with E-state index in [0.29, 0.717) is 11.8 Å². The van der Waals surface area contributed by atoms with Gasteiger partial charge in [0.25, 0.3) is 0 Å². The zero-order valence-electron chi connectivity index (χ0n) is 7.03. The molecular formula is C4H6F6N2O2S. The van der Waals surface area contributed by atoms with Gasteiger partial charge < -0.3 is 0 Å².